The Morgan fingerprint density at radius 2 is 1.18 bits per heavy atom. The molecule has 0 saturated heterocycles. The van der Waals surface area contributed by atoms with Gasteiger partial charge in [0.15, 0.2) is 0 Å². The predicted molar refractivity (Wildman–Crippen MR) is 53.8 cm³/mol. The number of hydrogen-bond acceptors (Lipinski definition) is 2. The summed E-state index contributed by atoms with van der Waals surface area (Å²) < 4.78 is 0. The van der Waals surface area contributed by atoms with Gasteiger partial charge in [0.25, 0.3) is 0 Å². The third-order valence-corrected chi connectivity index (χ3v) is 0.612. The van der Waals surface area contributed by atoms with Crippen LogP contribution in [0.2, 0.25) is 0 Å². The van der Waals surface area contributed by atoms with Crippen LogP contribution in [-0.2, 0) is 65.4 Å². The van der Waals surface area contributed by atoms with Crippen LogP contribution >= 0.6 is 24.4 Å². The number of rotatable bonds is 1. The fraction of sp³-hybridized carbons (Fsp3) is 0.714. The van der Waals surface area contributed by atoms with Crippen molar-refractivity contribution in [3.63, 3.8) is 0 Å². The smallest absolute Gasteiger partial charge is 0 e. The molecule has 11 heavy (non-hydrogen) atoms. The average molecular weight is 344 g/mol. The largest absolute Gasteiger partial charge is 0.372 e. The summed E-state index contributed by atoms with van der Waals surface area (Å²) >= 11 is 4.88. The van der Waals surface area contributed by atoms with Crippen LogP contribution in [0.15, 0.2) is 0 Å². The van der Waals surface area contributed by atoms with E-state index in [4.69, 9.17) is 0 Å². The van der Waals surface area contributed by atoms with Gasteiger partial charge in [-0.25, -0.2) is 0 Å². The predicted octanol–water partition coefficient (Wildman–Crippen LogP) is 3.65. The Hall–Kier alpha value is 2.91. The Bertz CT molecular complexity index is 21.9. The molecule has 0 N–H and O–H groups in total. The van der Waals surface area contributed by atoms with Gasteiger partial charge in [0.1, 0.15) is 0 Å². The maximum absolute atomic E-state index is 3.52. The van der Waals surface area contributed by atoms with Crippen LogP contribution in [0, 0.1) is 12.5 Å². The molecule has 0 spiro atoms. The van der Waals surface area contributed by atoms with E-state index in [1.54, 1.807) is 11.8 Å². The summed E-state index contributed by atoms with van der Waals surface area (Å²) in [4.78, 5) is 0. The van der Waals surface area contributed by atoms with Gasteiger partial charge in [0.2, 0.25) is 0 Å². The van der Waals surface area contributed by atoms with Crippen LogP contribution in [0.5, 0.6) is 0 Å². The van der Waals surface area contributed by atoms with E-state index in [2.05, 4.69) is 45.9 Å². The van der Waals surface area contributed by atoms with Crippen molar-refractivity contribution in [3.8, 4) is 0 Å². The minimum atomic E-state index is 0. The van der Waals surface area contributed by atoms with Crippen molar-refractivity contribution in [3.05, 3.63) is 12.5 Å². The second-order valence-corrected chi connectivity index (χ2v) is 2.19. The summed E-state index contributed by atoms with van der Waals surface area (Å²) in [6.07, 6.45) is 7.72. The van der Waals surface area contributed by atoms with E-state index in [1.165, 1.54) is 6.42 Å². The standard InChI is InChI=1S/C3H7S.C3H8.CH3S.2Y/c1-3-4-2;1-3-2;1-2;;/h2-3H2,1H3;3H2,1-2H3;2H,1H2;;/q-1;;-1;;. The van der Waals surface area contributed by atoms with Gasteiger partial charge in [-0.3, -0.25) is 12.5 Å². The summed E-state index contributed by atoms with van der Waals surface area (Å²) in [6.45, 7) is 6.33. The molecule has 0 bridgehead atoms. The van der Waals surface area contributed by atoms with Crippen LogP contribution in [0.1, 0.15) is 27.2 Å². The van der Waals surface area contributed by atoms with Gasteiger partial charge < -0.3 is 24.4 Å². The van der Waals surface area contributed by atoms with E-state index in [-0.39, 0.29) is 65.4 Å². The Balaban J connectivity index is -0.0000000158. The van der Waals surface area contributed by atoms with E-state index < -0.39 is 0 Å². The third kappa shape index (κ3) is 101. The topological polar surface area (TPSA) is 0 Å². The summed E-state index contributed by atoms with van der Waals surface area (Å²) in [5.74, 6) is 1.12. The zero-order chi connectivity index (χ0) is 8.12. The Kier molecular flexibility index (Phi) is 139. The van der Waals surface area contributed by atoms with Gasteiger partial charge in [-0.2, -0.15) is 0 Å². The summed E-state index contributed by atoms with van der Waals surface area (Å²) in [6, 6.07) is 0. The molecule has 0 amide bonds. The number of thioether (sulfide) groups is 1. The van der Waals surface area contributed by atoms with E-state index in [1.807, 2.05) is 0 Å². The minimum Gasteiger partial charge on any atom is -0.372 e. The molecule has 0 aromatic carbocycles. The summed E-state index contributed by atoms with van der Waals surface area (Å²) in [5.41, 5.74) is 0. The second-order valence-electron chi connectivity index (χ2n) is 1.20. The molecule has 0 unspecified atom stereocenters. The monoisotopic (exact) mass is 344 g/mol. The molecule has 0 aromatic rings. The van der Waals surface area contributed by atoms with E-state index >= 15 is 0 Å². The number of thiol groups is 1. The average Bonchev–Trinajstić information content (AvgIpc) is 1.94. The zero-order valence-electron chi connectivity index (χ0n) is 7.84. The van der Waals surface area contributed by atoms with Crippen molar-refractivity contribution in [1.82, 2.24) is 0 Å². The first-order valence-corrected chi connectivity index (χ1v) is 4.80. The summed E-state index contributed by atoms with van der Waals surface area (Å²) in [5, 5.41) is 0. The first-order chi connectivity index (χ1) is 4.33. The molecule has 0 saturated carbocycles. The van der Waals surface area contributed by atoms with Crippen LogP contribution in [0.4, 0.5) is 0 Å². The maximum atomic E-state index is 3.52. The van der Waals surface area contributed by atoms with Crippen LogP contribution in [-0.4, -0.2) is 5.75 Å². The first kappa shape index (κ1) is 29.2. The third-order valence-electron chi connectivity index (χ3n) is 0.204. The fourth-order valence-electron chi connectivity index (χ4n) is 0. The molecule has 2 radical (unpaired) electrons. The zero-order valence-corrected chi connectivity index (χ0v) is 15.2. The quantitative estimate of drug-likeness (QED) is 0.560. The SMILES string of the molecule is CCC.[CH2-]S.[CH2-]SCC.[Y].[Y]. The Labute approximate surface area is 133 Å². The fourth-order valence-corrected chi connectivity index (χ4v) is 0. The van der Waals surface area contributed by atoms with Gasteiger partial charge in [0.05, 0.1) is 0 Å². The molecule has 0 fully saturated rings. The minimum absolute atomic E-state index is 0. The molecule has 0 rings (SSSR count). The molecule has 0 aliphatic heterocycles. The Morgan fingerprint density at radius 3 is 1.18 bits per heavy atom. The molecule has 0 atom stereocenters. The molecule has 0 heterocycles. The van der Waals surface area contributed by atoms with Crippen molar-refractivity contribution < 1.29 is 65.4 Å². The van der Waals surface area contributed by atoms with Crippen molar-refractivity contribution in [1.29, 1.82) is 0 Å². The molecule has 0 nitrogen and oxygen atoms in total. The molecule has 0 aliphatic rings. The van der Waals surface area contributed by atoms with E-state index in [9.17, 15) is 0 Å². The normalized spacial score (nSPS) is 4.91. The van der Waals surface area contributed by atoms with Gasteiger partial charge in [0, 0.05) is 65.4 Å². The molecule has 4 heteroatoms. The van der Waals surface area contributed by atoms with Gasteiger partial charge in [-0.1, -0.05) is 27.2 Å². The van der Waals surface area contributed by atoms with E-state index in [0.717, 1.165) is 5.75 Å². The van der Waals surface area contributed by atoms with Gasteiger partial charge in [-0.05, 0) is 5.75 Å². The first-order valence-electron chi connectivity index (χ1n) is 3.01. The Morgan fingerprint density at radius 1 is 1.09 bits per heavy atom. The van der Waals surface area contributed by atoms with Crippen molar-refractivity contribution in [2.24, 2.45) is 0 Å². The molecule has 0 aliphatic carbocycles. The van der Waals surface area contributed by atoms with Crippen molar-refractivity contribution >= 4 is 24.4 Å². The van der Waals surface area contributed by atoms with Crippen LogP contribution in [0.25, 0.3) is 0 Å². The molecular formula is C7H18S2Y2-2. The van der Waals surface area contributed by atoms with Crippen LogP contribution < -0.4 is 0 Å². The molecule has 66 valence electrons. The number of hydrogen-bond donors (Lipinski definition) is 1. The van der Waals surface area contributed by atoms with Gasteiger partial charge in [-0.15, -0.1) is 0 Å². The van der Waals surface area contributed by atoms with Crippen molar-refractivity contribution in [2.45, 2.75) is 27.2 Å². The molecule has 0 aromatic heterocycles. The maximum Gasteiger partial charge on any atom is 0 e. The molecular weight excluding hydrogens is 326 g/mol. The summed E-state index contributed by atoms with van der Waals surface area (Å²) in [7, 11) is 0. The second kappa shape index (κ2) is 52.4. The van der Waals surface area contributed by atoms with Gasteiger partial charge >= 0.3 is 0 Å². The van der Waals surface area contributed by atoms with Crippen molar-refractivity contribution in [2.75, 3.05) is 5.75 Å². The van der Waals surface area contributed by atoms with E-state index in [0.29, 0.717) is 0 Å². The van der Waals surface area contributed by atoms with Crippen LogP contribution in [0.3, 0.4) is 0 Å².